The van der Waals surface area contributed by atoms with Crippen LogP contribution in [0.2, 0.25) is 0 Å². The van der Waals surface area contributed by atoms with E-state index in [0.717, 1.165) is 29.8 Å². The number of aromatic nitrogens is 1. The van der Waals surface area contributed by atoms with Crippen LogP contribution in [0.1, 0.15) is 36.4 Å². The fourth-order valence-corrected chi connectivity index (χ4v) is 6.39. The summed E-state index contributed by atoms with van der Waals surface area (Å²) in [5.41, 5.74) is 0.156. The lowest BCUT2D eigenvalue weighted by Gasteiger charge is -2.28. The highest BCUT2D eigenvalue weighted by atomic mass is 32.2. The highest BCUT2D eigenvalue weighted by Gasteiger charge is 2.42. The number of hydrogen-bond acceptors (Lipinski definition) is 6. The molecule has 1 aromatic carbocycles. The first-order valence-corrected chi connectivity index (χ1v) is 12.1. The van der Waals surface area contributed by atoms with Crippen molar-refractivity contribution < 1.29 is 16.8 Å². The zero-order chi connectivity index (χ0) is 18.3. The number of aryl methyl sites for hydroxylation is 1. The molecule has 0 unspecified atom stereocenters. The third-order valence-electron chi connectivity index (χ3n) is 4.36. The van der Waals surface area contributed by atoms with Crippen LogP contribution in [0, 0.1) is 6.92 Å². The van der Waals surface area contributed by atoms with Crippen LogP contribution in [0.15, 0.2) is 39.4 Å². The Bertz CT molecular complexity index is 988. The van der Waals surface area contributed by atoms with Gasteiger partial charge in [0.2, 0.25) is 10.0 Å². The molecule has 0 spiro atoms. The molecule has 0 amide bonds. The molecule has 0 bridgehead atoms. The SMILES string of the molecule is Cc1csc(C2(NS(=O)(=O)c3cccc(S(C)(=O)=O)c3)CCCC2)n1. The van der Waals surface area contributed by atoms with E-state index in [1.807, 2.05) is 12.3 Å². The van der Waals surface area contributed by atoms with E-state index in [0.29, 0.717) is 12.8 Å². The zero-order valence-corrected chi connectivity index (χ0v) is 16.5. The van der Waals surface area contributed by atoms with Crippen LogP contribution in [0.25, 0.3) is 0 Å². The molecule has 1 aromatic heterocycles. The first kappa shape index (κ1) is 18.5. The maximum absolute atomic E-state index is 12.9. The van der Waals surface area contributed by atoms with Crippen LogP contribution >= 0.6 is 11.3 Å². The van der Waals surface area contributed by atoms with Crippen LogP contribution in [0.3, 0.4) is 0 Å². The van der Waals surface area contributed by atoms with Gasteiger partial charge in [0.15, 0.2) is 9.84 Å². The number of benzene rings is 1. The maximum atomic E-state index is 12.9. The smallest absolute Gasteiger partial charge is 0.241 e. The third kappa shape index (κ3) is 3.79. The number of hydrogen-bond donors (Lipinski definition) is 1. The van der Waals surface area contributed by atoms with Crippen molar-refractivity contribution in [3.05, 3.63) is 40.3 Å². The quantitative estimate of drug-likeness (QED) is 0.833. The summed E-state index contributed by atoms with van der Waals surface area (Å²) in [4.78, 5) is 4.44. The van der Waals surface area contributed by atoms with Gasteiger partial charge >= 0.3 is 0 Å². The van der Waals surface area contributed by atoms with Crippen LogP contribution in [0.4, 0.5) is 0 Å². The second-order valence-electron chi connectivity index (χ2n) is 6.44. The van der Waals surface area contributed by atoms with Crippen molar-refractivity contribution in [2.75, 3.05) is 6.26 Å². The number of rotatable bonds is 5. The summed E-state index contributed by atoms with van der Waals surface area (Å²) >= 11 is 1.46. The van der Waals surface area contributed by atoms with Gasteiger partial charge in [0.25, 0.3) is 0 Å². The van der Waals surface area contributed by atoms with Crippen molar-refractivity contribution in [1.29, 1.82) is 0 Å². The first-order chi connectivity index (χ1) is 11.6. The molecule has 0 atom stereocenters. The van der Waals surface area contributed by atoms with Crippen molar-refractivity contribution in [3.63, 3.8) is 0 Å². The summed E-state index contributed by atoms with van der Waals surface area (Å²) in [7, 11) is -7.35. The molecule has 136 valence electrons. The Kier molecular flexibility index (Phi) is 4.78. The van der Waals surface area contributed by atoms with Crippen LogP contribution < -0.4 is 4.72 Å². The van der Waals surface area contributed by atoms with Crippen LogP contribution in [0.5, 0.6) is 0 Å². The van der Waals surface area contributed by atoms with Gasteiger partial charge < -0.3 is 0 Å². The summed E-state index contributed by atoms with van der Waals surface area (Å²) in [6.07, 6.45) is 4.27. The minimum Gasteiger partial charge on any atom is -0.245 e. The molecular formula is C16H20N2O4S3. The molecule has 0 aliphatic heterocycles. The number of nitrogens with zero attached hydrogens (tertiary/aromatic N) is 1. The number of thiazole rings is 1. The van der Waals surface area contributed by atoms with Crippen molar-refractivity contribution in [2.24, 2.45) is 0 Å². The van der Waals surface area contributed by atoms with Gasteiger partial charge in [-0.1, -0.05) is 18.9 Å². The Morgan fingerprint density at radius 3 is 2.32 bits per heavy atom. The average molecular weight is 401 g/mol. The fourth-order valence-electron chi connectivity index (χ4n) is 3.10. The largest absolute Gasteiger partial charge is 0.245 e. The van der Waals surface area contributed by atoms with Crippen LogP contribution in [-0.4, -0.2) is 28.1 Å². The van der Waals surface area contributed by atoms with E-state index in [4.69, 9.17) is 0 Å². The molecule has 9 heteroatoms. The van der Waals surface area contributed by atoms with Crippen molar-refractivity contribution >= 4 is 31.2 Å². The van der Waals surface area contributed by atoms with Gasteiger partial charge in [-0.15, -0.1) is 11.3 Å². The summed E-state index contributed by atoms with van der Waals surface area (Å²) in [6, 6.07) is 5.45. The normalized spacial score (nSPS) is 17.7. The molecule has 3 rings (SSSR count). The lowest BCUT2D eigenvalue weighted by molar-refractivity contribution is 0.402. The molecule has 1 fully saturated rings. The molecule has 25 heavy (non-hydrogen) atoms. The first-order valence-electron chi connectivity index (χ1n) is 7.89. The second kappa shape index (κ2) is 6.46. The monoisotopic (exact) mass is 400 g/mol. The van der Waals surface area contributed by atoms with E-state index in [9.17, 15) is 16.8 Å². The number of sulfone groups is 1. The molecule has 2 aromatic rings. The summed E-state index contributed by atoms with van der Waals surface area (Å²) < 4.78 is 52.1. The predicted molar refractivity (Wildman–Crippen MR) is 96.9 cm³/mol. The van der Waals surface area contributed by atoms with Crippen LogP contribution in [-0.2, 0) is 25.4 Å². The molecule has 0 radical (unpaired) electrons. The highest BCUT2D eigenvalue weighted by Crippen LogP contribution is 2.41. The van der Waals surface area contributed by atoms with Gasteiger partial charge in [-0.25, -0.2) is 21.8 Å². The molecule has 1 heterocycles. The molecule has 1 saturated carbocycles. The summed E-state index contributed by atoms with van der Waals surface area (Å²) in [5.74, 6) is 0. The van der Waals surface area contributed by atoms with Gasteiger partial charge in [0.1, 0.15) is 5.01 Å². The predicted octanol–water partition coefficient (Wildman–Crippen LogP) is 2.60. The second-order valence-corrected chi connectivity index (χ2v) is 11.0. The zero-order valence-electron chi connectivity index (χ0n) is 14.0. The Labute approximate surface area is 152 Å². The molecule has 1 N–H and O–H groups in total. The third-order valence-corrected chi connectivity index (χ3v) is 8.17. The summed E-state index contributed by atoms with van der Waals surface area (Å²) in [5, 5.41) is 2.68. The Balaban J connectivity index is 2.00. The van der Waals surface area contributed by atoms with E-state index >= 15 is 0 Å². The van der Waals surface area contributed by atoms with Gasteiger partial charge in [-0.3, -0.25) is 0 Å². The van der Waals surface area contributed by atoms with E-state index in [1.54, 1.807) is 0 Å². The standard InChI is InChI=1S/C16H20N2O4S3/c1-12-11-23-15(17-12)16(8-3-4-9-16)18-25(21,22)14-7-5-6-13(10-14)24(2,19)20/h5-7,10-11,18H,3-4,8-9H2,1-2H3. The Hall–Kier alpha value is -1.29. The van der Waals surface area contributed by atoms with E-state index in [2.05, 4.69) is 9.71 Å². The minimum atomic E-state index is -3.87. The van der Waals surface area contributed by atoms with Crippen molar-refractivity contribution in [2.45, 2.75) is 47.9 Å². The van der Waals surface area contributed by atoms with Crippen molar-refractivity contribution in [1.82, 2.24) is 9.71 Å². The Morgan fingerprint density at radius 1 is 1.12 bits per heavy atom. The van der Waals surface area contributed by atoms with Gasteiger partial charge in [-0.05, 0) is 38.0 Å². The lowest BCUT2D eigenvalue weighted by atomic mass is 10.0. The molecule has 1 aliphatic rings. The molecule has 6 nitrogen and oxygen atoms in total. The molecular weight excluding hydrogens is 380 g/mol. The maximum Gasteiger partial charge on any atom is 0.241 e. The van der Waals surface area contributed by atoms with Gasteiger partial charge in [0.05, 0.1) is 15.3 Å². The number of nitrogens with one attached hydrogen (secondary N) is 1. The molecule has 1 aliphatic carbocycles. The fraction of sp³-hybridized carbons (Fsp3) is 0.438. The average Bonchev–Trinajstić information content (AvgIpc) is 3.16. The van der Waals surface area contributed by atoms with Gasteiger partial charge in [-0.2, -0.15) is 4.72 Å². The minimum absolute atomic E-state index is 0.0130. The number of sulfonamides is 1. The topological polar surface area (TPSA) is 93.2 Å². The molecule has 0 saturated heterocycles. The van der Waals surface area contributed by atoms with Gasteiger partial charge in [0, 0.05) is 17.3 Å². The van der Waals surface area contributed by atoms with E-state index in [1.165, 1.54) is 35.6 Å². The lowest BCUT2D eigenvalue weighted by Crippen LogP contribution is -2.43. The highest BCUT2D eigenvalue weighted by molar-refractivity contribution is 7.91. The van der Waals surface area contributed by atoms with E-state index in [-0.39, 0.29) is 9.79 Å². The summed E-state index contributed by atoms with van der Waals surface area (Å²) in [6.45, 7) is 1.88. The van der Waals surface area contributed by atoms with E-state index < -0.39 is 25.4 Å². The Morgan fingerprint density at radius 2 is 1.76 bits per heavy atom. The van der Waals surface area contributed by atoms with Crippen molar-refractivity contribution in [3.8, 4) is 0 Å².